The van der Waals surface area contributed by atoms with Gasteiger partial charge in [0.05, 0.1) is 24.5 Å². The van der Waals surface area contributed by atoms with E-state index >= 15 is 0 Å². The molecule has 0 unspecified atom stereocenters. The van der Waals surface area contributed by atoms with Gasteiger partial charge in [-0.05, 0) is 24.0 Å². The number of rotatable bonds is 6. The van der Waals surface area contributed by atoms with E-state index in [-0.39, 0.29) is 25.6 Å². The standard InChI is InChI=1S/C16H20N4O2/c21-8-7-17-16(22)11-20-10-13(9-18-20)19-15-6-5-12-3-1-2-4-14(12)15/h1-4,9-10,15,19,21H,5-8,11H2,(H,17,22)/t15-/m1/s1. The number of aromatic nitrogens is 2. The van der Waals surface area contributed by atoms with Crippen LogP contribution in [-0.2, 0) is 17.8 Å². The number of aliphatic hydroxyl groups excluding tert-OH is 1. The number of fused-ring (bicyclic) bond motifs is 1. The number of anilines is 1. The van der Waals surface area contributed by atoms with Crippen molar-refractivity contribution in [3.05, 3.63) is 47.8 Å². The molecule has 3 rings (SSSR count). The summed E-state index contributed by atoms with van der Waals surface area (Å²) in [6, 6.07) is 8.77. The van der Waals surface area contributed by atoms with Crippen LogP contribution in [0.4, 0.5) is 5.69 Å². The summed E-state index contributed by atoms with van der Waals surface area (Å²) in [4.78, 5) is 11.6. The largest absolute Gasteiger partial charge is 0.395 e. The van der Waals surface area contributed by atoms with Gasteiger partial charge in [-0.15, -0.1) is 0 Å². The third-order valence-electron chi connectivity index (χ3n) is 3.85. The molecule has 1 amide bonds. The predicted molar refractivity (Wildman–Crippen MR) is 83.4 cm³/mol. The van der Waals surface area contributed by atoms with Crippen molar-refractivity contribution >= 4 is 11.6 Å². The van der Waals surface area contributed by atoms with E-state index in [0.29, 0.717) is 6.04 Å². The van der Waals surface area contributed by atoms with Crippen molar-refractivity contribution in [1.29, 1.82) is 0 Å². The Kier molecular flexibility index (Phi) is 4.39. The van der Waals surface area contributed by atoms with E-state index in [1.807, 2.05) is 6.20 Å². The minimum atomic E-state index is -0.157. The molecular formula is C16H20N4O2. The van der Waals surface area contributed by atoms with Crippen LogP contribution in [0.2, 0.25) is 0 Å². The topological polar surface area (TPSA) is 79.2 Å². The highest BCUT2D eigenvalue weighted by atomic mass is 16.3. The molecule has 3 N–H and O–H groups in total. The monoisotopic (exact) mass is 300 g/mol. The minimum Gasteiger partial charge on any atom is -0.395 e. The molecular weight excluding hydrogens is 280 g/mol. The van der Waals surface area contributed by atoms with Crippen LogP contribution in [0.3, 0.4) is 0 Å². The molecule has 1 aliphatic carbocycles. The van der Waals surface area contributed by atoms with Crippen LogP contribution in [-0.4, -0.2) is 33.9 Å². The first-order valence-electron chi connectivity index (χ1n) is 7.50. The fraction of sp³-hybridized carbons (Fsp3) is 0.375. The van der Waals surface area contributed by atoms with E-state index in [1.54, 1.807) is 10.9 Å². The third kappa shape index (κ3) is 3.28. The maximum absolute atomic E-state index is 11.6. The molecule has 0 fully saturated rings. The SMILES string of the molecule is O=C(Cn1cc(N[C@@H]2CCc3ccccc32)cn1)NCCO. The van der Waals surface area contributed by atoms with Crippen molar-refractivity contribution < 1.29 is 9.90 Å². The second-order valence-electron chi connectivity index (χ2n) is 5.43. The number of nitrogens with zero attached hydrogens (tertiary/aromatic N) is 2. The lowest BCUT2D eigenvalue weighted by molar-refractivity contribution is -0.122. The Morgan fingerprint density at radius 3 is 3.14 bits per heavy atom. The highest BCUT2D eigenvalue weighted by Gasteiger charge is 2.21. The number of carbonyl (C=O) groups excluding carboxylic acids is 1. The Morgan fingerprint density at radius 2 is 2.27 bits per heavy atom. The zero-order chi connectivity index (χ0) is 15.4. The first-order chi connectivity index (χ1) is 10.8. The maximum Gasteiger partial charge on any atom is 0.241 e. The van der Waals surface area contributed by atoms with Gasteiger partial charge in [0.25, 0.3) is 0 Å². The van der Waals surface area contributed by atoms with E-state index in [1.165, 1.54) is 11.1 Å². The van der Waals surface area contributed by atoms with Gasteiger partial charge >= 0.3 is 0 Å². The number of carbonyl (C=O) groups is 1. The summed E-state index contributed by atoms with van der Waals surface area (Å²) in [6.07, 6.45) is 5.73. The summed E-state index contributed by atoms with van der Waals surface area (Å²) in [5, 5.41) is 19.0. The molecule has 6 heteroatoms. The number of benzene rings is 1. The lowest BCUT2D eigenvalue weighted by Crippen LogP contribution is -2.30. The molecule has 0 saturated carbocycles. The number of hydrogen-bond acceptors (Lipinski definition) is 4. The van der Waals surface area contributed by atoms with Gasteiger partial charge in [0.2, 0.25) is 5.91 Å². The quantitative estimate of drug-likeness (QED) is 0.746. The van der Waals surface area contributed by atoms with Gasteiger partial charge in [-0.25, -0.2) is 0 Å². The average Bonchev–Trinajstić information content (AvgIpc) is 3.13. The minimum absolute atomic E-state index is 0.0568. The molecule has 1 aromatic carbocycles. The van der Waals surface area contributed by atoms with Crippen LogP contribution >= 0.6 is 0 Å². The first kappa shape index (κ1) is 14.6. The van der Waals surface area contributed by atoms with Crippen LogP contribution in [0, 0.1) is 0 Å². The van der Waals surface area contributed by atoms with Crippen LogP contribution in [0.15, 0.2) is 36.7 Å². The van der Waals surface area contributed by atoms with Crippen molar-refractivity contribution in [1.82, 2.24) is 15.1 Å². The van der Waals surface area contributed by atoms with Crippen LogP contribution < -0.4 is 10.6 Å². The highest BCUT2D eigenvalue weighted by molar-refractivity contribution is 5.75. The highest BCUT2D eigenvalue weighted by Crippen LogP contribution is 2.33. The summed E-state index contributed by atoms with van der Waals surface area (Å²) < 4.78 is 1.59. The molecule has 0 saturated heterocycles. The lowest BCUT2D eigenvalue weighted by atomic mass is 10.1. The molecule has 1 heterocycles. The molecule has 1 aliphatic rings. The zero-order valence-corrected chi connectivity index (χ0v) is 12.3. The van der Waals surface area contributed by atoms with E-state index < -0.39 is 0 Å². The van der Waals surface area contributed by atoms with E-state index in [9.17, 15) is 4.79 Å². The Hall–Kier alpha value is -2.34. The Bertz CT molecular complexity index is 653. The smallest absolute Gasteiger partial charge is 0.241 e. The Morgan fingerprint density at radius 1 is 1.41 bits per heavy atom. The molecule has 0 bridgehead atoms. The molecule has 1 aromatic heterocycles. The molecule has 0 radical (unpaired) electrons. The molecule has 0 aliphatic heterocycles. The molecule has 22 heavy (non-hydrogen) atoms. The number of amides is 1. The van der Waals surface area contributed by atoms with Gasteiger partial charge in [-0.1, -0.05) is 24.3 Å². The normalized spacial score (nSPS) is 16.3. The van der Waals surface area contributed by atoms with Gasteiger partial charge in [-0.3, -0.25) is 9.48 Å². The third-order valence-corrected chi connectivity index (χ3v) is 3.85. The average molecular weight is 300 g/mol. The van der Waals surface area contributed by atoms with Crippen molar-refractivity contribution in [3.63, 3.8) is 0 Å². The fourth-order valence-electron chi connectivity index (χ4n) is 2.83. The molecule has 116 valence electrons. The summed E-state index contributed by atoms with van der Waals surface area (Å²) in [5.74, 6) is -0.157. The van der Waals surface area contributed by atoms with Crippen molar-refractivity contribution in [2.75, 3.05) is 18.5 Å². The fourth-order valence-corrected chi connectivity index (χ4v) is 2.83. The summed E-state index contributed by atoms with van der Waals surface area (Å²) >= 11 is 0. The van der Waals surface area contributed by atoms with E-state index in [2.05, 4.69) is 40.0 Å². The van der Waals surface area contributed by atoms with Crippen molar-refractivity contribution in [3.8, 4) is 0 Å². The first-order valence-corrected chi connectivity index (χ1v) is 7.50. The van der Waals surface area contributed by atoms with E-state index in [4.69, 9.17) is 5.11 Å². The van der Waals surface area contributed by atoms with Crippen LogP contribution in [0.5, 0.6) is 0 Å². The number of aryl methyl sites for hydroxylation is 1. The zero-order valence-electron chi connectivity index (χ0n) is 12.3. The predicted octanol–water partition coefficient (Wildman–Crippen LogP) is 1.09. The van der Waals surface area contributed by atoms with Crippen molar-refractivity contribution in [2.24, 2.45) is 0 Å². The maximum atomic E-state index is 11.6. The van der Waals surface area contributed by atoms with Crippen LogP contribution in [0.1, 0.15) is 23.6 Å². The molecule has 6 nitrogen and oxygen atoms in total. The number of nitrogens with one attached hydrogen (secondary N) is 2. The molecule has 0 spiro atoms. The second-order valence-corrected chi connectivity index (χ2v) is 5.43. The lowest BCUT2D eigenvalue weighted by Gasteiger charge is -2.13. The Balaban J connectivity index is 1.60. The van der Waals surface area contributed by atoms with Crippen molar-refractivity contribution in [2.45, 2.75) is 25.4 Å². The summed E-state index contributed by atoms with van der Waals surface area (Å²) in [6.45, 7) is 0.367. The van der Waals surface area contributed by atoms with E-state index in [0.717, 1.165) is 18.5 Å². The van der Waals surface area contributed by atoms with Gasteiger partial charge in [-0.2, -0.15) is 5.10 Å². The summed E-state index contributed by atoms with van der Waals surface area (Å²) in [5.41, 5.74) is 3.66. The van der Waals surface area contributed by atoms with Gasteiger partial charge in [0.1, 0.15) is 6.54 Å². The second kappa shape index (κ2) is 6.62. The van der Waals surface area contributed by atoms with Crippen LogP contribution in [0.25, 0.3) is 0 Å². The van der Waals surface area contributed by atoms with Gasteiger partial charge < -0.3 is 15.7 Å². The number of hydrogen-bond donors (Lipinski definition) is 3. The molecule has 2 aromatic rings. The number of aliphatic hydroxyl groups is 1. The van der Waals surface area contributed by atoms with Gasteiger partial charge in [0.15, 0.2) is 0 Å². The molecule has 1 atom stereocenters. The van der Waals surface area contributed by atoms with Gasteiger partial charge in [0, 0.05) is 12.7 Å². The Labute approximate surface area is 129 Å². The summed E-state index contributed by atoms with van der Waals surface area (Å²) in [7, 11) is 0.